The number of hydrogen-bond acceptors (Lipinski definition) is 3. The van der Waals surface area contributed by atoms with Gasteiger partial charge in [0.2, 0.25) is 0 Å². The maximum absolute atomic E-state index is 12.0. The summed E-state index contributed by atoms with van der Waals surface area (Å²) in [5, 5.41) is 16.0. The molecule has 1 saturated carbocycles. The Morgan fingerprint density at radius 1 is 1.43 bits per heavy atom. The van der Waals surface area contributed by atoms with Gasteiger partial charge >= 0.3 is 6.03 Å². The number of nitrogens with one attached hydrogen (secondary N) is 2. The number of rotatable bonds is 4. The molecule has 1 aliphatic carbocycles. The van der Waals surface area contributed by atoms with Crippen LogP contribution in [-0.4, -0.2) is 37.9 Å². The average Bonchev–Trinajstić information content (AvgIpc) is 2.81. The second kappa shape index (κ2) is 7.00. The number of aliphatic hydroxyl groups excluding tert-OH is 1. The number of halogens is 1. The number of hydrogen-bond donors (Lipinski definition) is 3. The number of urea groups is 1. The Morgan fingerprint density at radius 2 is 2.19 bits per heavy atom. The van der Waals surface area contributed by atoms with Gasteiger partial charge in [0.15, 0.2) is 0 Å². The molecule has 5 nitrogen and oxygen atoms in total. The minimum atomic E-state index is -0.297. The van der Waals surface area contributed by atoms with E-state index in [1.54, 1.807) is 12.1 Å². The molecule has 2 atom stereocenters. The van der Waals surface area contributed by atoms with Crippen molar-refractivity contribution < 1.29 is 9.90 Å². The van der Waals surface area contributed by atoms with E-state index in [1.165, 1.54) is 0 Å². The predicted octanol–water partition coefficient (Wildman–Crippen LogP) is 2.69. The van der Waals surface area contributed by atoms with Crippen LogP contribution in [0.15, 0.2) is 18.2 Å². The fourth-order valence-electron chi connectivity index (χ4n) is 2.64. The van der Waals surface area contributed by atoms with Gasteiger partial charge in [-0.25, -0.2) is 4.79 Å². The molecule has 0 heterocycles. The van der Waals surface area contributed by atoms with E-state index in [9.17, 15) is 9.90 Å². The molecule has 1 aromatic carbocycles. The molecule has 1 aliphatic rings. The number of benzene rings is 1. The van der Waals surface area contributed by atoms with Gasteiger partial charge in [-0.3, -0.25) is 0 Å². The van der Waals surface area contributed by atoms with Crippen molar-refractivity contribution in [3.8, 4) is 0 Å². The lowest BCUT2D eigenvalue weighted by Crippen LogP contribution is -2.35. The maximum Gasteiger partial charge on any atom is 0.319 e. The van der Waals surface area contributed by atoms with E-state index in [1.807, 2.05) is 25.1 Å². The third kappa shape index (κ3) is 4.25. The van der Waals surface area contributed by atoms with E-state index >= 15 is 0 Å². The quantitative estimate of drug-likeness (QED) is 0.801. The minimum Gasteiger partial charge on any atom is -0.393 e. The summed E-state index contributed by atoms with van der Waals surface area (Å²) < 4.78 is 0. The van der Waals surface area contributed by atoms with E-state index in [0.29, 0.717) is 17.3 Å². The van der Waals surface area contributed by atoms with Gasteiger partial charge in [0.05, 0.1) is 17.5 Å². The molecule has 0 bridgehead atoms. The summed E-state index contributed by atoms with van der Waals surface area (Å²) in [5.41, 5.74) is 1.55. The number of anilines is 2. The van der Waals surface area contributed by atoms with Gasteiger partial charge in [0, 0.05) is 31.6 Å². The van der Waals surface area contributed by atoms with Crippen LogP contribution in [0.3, 0.4) is 0 Å². The molecule has 0 radical (unpaired) electrons. The van der Waals surface area contributed by atoms with Crippen molar-refractivity contribution in [2.24, 2.45) is 5.92 Å². The molecular formula is C15H22ClN3O2. The topological polar surface area (TPSA) is 64.6 Å². The van der Waals surface area contributed by atoms with Crippen molar-refractivity contribution in [1.29, 1.82) is 0 Å². The van der Waals surface area contributed by atoms with Crippen LogP contribution in [0.1, 0.15) is 19.3 Å². The Morgan fingerprint density at radius 3 is 2.81 bits per heavy atom. The summed E-state index contributed by atoms with van der Waals surface area (Å²) in [6.07, 6.45) is 2.51. The van der Waals surface area contributed by atoms with Crippen molar-refractivity contribution in [3.63, 3.8) is 0 Å². The molecule has 0 aliphatic heterocycles. The van der Waals surface area contributed by atoms with Gasteiger partial charge in [-0.2, -0.15) is 0 Å². The first kappa shape index (κ1) is 15.9. The molecule has 1 fully saturated rings. The first-order valence-electron chi connectivity index (χ1n) is 7.17. The first-order chi connectivity index (χ1) is 9.97. The van der Waals surface area contributed by atoms with Crippen molar-refractivity contribution in [2.45, 2.75) is 25.4 Å². The number of carbonyl (C=O) groups excluding carboxylic acids is 1. The SMILES string of the molecule is CN(C)c1ccc(Cl)cc1NC(=O)NC[C@H]1CCC[C@@H]1O. The fraction of sp³-hybridized carbons (Fsp3) is 0.533. The van der Waals surface area contributed by atoms with Crippen LogP contribution in [0.25, 0.3) is 0 Å². The molecule has 0 saturated heterocycles. The number of aliphatic hydroxyl groups is 1. The largest absolute Gasteiger partial charge is 0.393 e. The van der Waals surface area contributed by atoms with Gasteiger partial charge in [0.25, 0.3) is 0 Å². The molecule has 6 heteroatoms. The zero-order chi connectivity index (χ0) is 15.4. The van der Waals surface area contributed by atoms with Crippen molar-refractivity contribution in [3.05, 3.63) is 23.2 Å². The summed E-state index contributed by atoms with van der Waals surface area (Å²) in [6.45, 7) is 0.491. The first-order valence-corrected chi connectivity index (χ1v) is 7.55. The summed E-state index contributed by atoms with van der Waals surface area (Å²) in [6, 6.07) is 5.09. The van der Waals surface area contributed by atoms with Crippen molar-refractivity contribution in [1.82, 2.24) is 5.32 Å². The van der Waals surface area contributed by atoms with Gasteiger partial charge in [-0.1, -0.05) is 18.0 Å². The molecule has 2 rings (SSSR count). The van der Waals surface area contributed by atoms with E-state index in [-0.39, 0.29) is 18.1 Å². The highest BCUT2D eigenvalue weighted by atomic mass is 35.5. The van der Waals surface area contributed by atoms with Crippen LogP contribution >= 0.6 is 11.6 Å². The molecule has 21 heavy (non-hydrogen) atoms. The Labute approximate surface area is 130 Å². The highest BCUT2D eigenvalue weighted by Gasteiger charge is 2.25. The van der Waals surface area contributed by atoms with E-state index < -0.39 is 0 Å². The lowest BCUT2D eigenvalue weighted by atomic mass is 10.1. The molecule has 2 amide bonds. The highest BCUT2D eigenvalue weighted by Crippen LogP contribution is 2.28. The van der Waals surface area contributed by atoms with Gasteiger partial charge in [0.1, 0.15) is 0 Å². The minimum absolute atomic E-state index is 0.156. The highest BCUT2D eigenvalue weighted by molar-refractivity contribution is 6.31. The molecule has 0 unspecified atom stereocenters. The summed E-state index contributed by atoms with van der Waals surface area (Å²) in [7, 11) is 3.81. The van der Waals surface area contributed by atoms with E-state index in [0.717, 1.165) is 24.9 Å². The Balaban J connectivity index is 1.94. The summed E-state index contributed by atoms with van der Waals surface area (Å²) in [5.74, 6) is 0.156. The Bertz CT molecular complexity index is 508. The van der Waals surface area contributed by atoms with Gasteiger partial charge in [-0.05, 0) is 31.0 Å². The van der Waals surface area contributed by atoms with Gasteiger partial charge < -0.3 is 20.6 Å². The molecular weight excluding hydrogens is 290 g/mol. The average molecular weight is 312 g/mol. The van der Waals surface area contributed by atoms with Crippen LogP contribution in [0.5, 0.6) is 0 Å². The lowest BCUT2D eigenvalue weighted by Gasteiger charge is -2.19. The van der Waals surface area contributed by atoms with Crippen LogP contribution in [0.4, 0.5) is 16.2 Å². The molecule has 1 aromatic rings. The van der Waals surface area contributed by atoms with Crippen LogP contribution in [0, 0.1) is 5.92 Å². The Kier molecular flexibility index (Phi) is 5.31. The summed E-state index contributed by atoms with van der Waals surface area (Å²) in [4.78, 5) is 13.9. The predicted molar refractivity (Wildman–Crippen MR) is 86.1 cm³/mol. The molecule has 3 N–H and O–H groups in total. The second-order valence-electron chi connectivity index (χ2n) is 5.65. The molecule has 0 aromatic heterocycles. The zero-order valence-corrected chi connectivity index (χ0v) is 13.2. The van der Waals surface area contributed by atoms with E-state index in [4.69, 9.17) is 11.6 Å². The fourth-order valence-corrected chi connectivity index (χ4v) is 2.82. The van der Waals surface area contributed by atoms with Gasteiger partial charge in [-0.15, -0.1) is 0 Å². The molecule has 116 valence electrons. The van der Waals surface area contributed by atoms with Crippen LogP contribution in [0.2, 0.25) is 5.02 Å². The van der Waals surface area contributed by atoms with Crippen LogP contribution < -0.4 is 15.5 Å². The smallest absolute Gasteiger partial charge is 0.319 e. The third-order valence-electron chi connectivity index (χ3n) is 3.83. The number of carbonyl (C=O) groups is 1. The molecule has 0 spiro atoms. The van der Waals surface area contributed by atoms with Crippen molar-refractivity contribution >= 4 is 29.0 Å². The van der Waals surface area contributed by atoms with E-state index in [2.05, 4.69) is 10.6 Å². The van der Waals surface area contributed by atoms with Crippen LogP contribution in [-0.2, 0) is 0 Å². The second-order valence-corrected chi connectivity index (χ2v) is 6.09. The maximum atomic E-state index is 12.0. The monoisotopic (exact) mass is 311 g/mol. The normalized spacial score (nSPS) is 21.1. The van der Waals surface area contributed by atoms with Crippen molar-refractivity contribution in [2.75, 3.05) is 30.9 Å². The lowest BCUT2D eigenvalue weighted by molar-refractivity contribution is 0.133. The number of amides is 2. The standard InChI is InChI=1S/C15H22ClN3O2/c1-19(2)13-7-6-11(16)8-12(13)18-15(21)17-9-10-4-3-5-14(10)20/h6-8,10,14,20H,3-5,9H2,1-2H3,(H2,17,18,21)/t10-,14+/m1/s1. The third-order valence-corrected chi connectivity index (χ3v) is 4.07. The summed E-state index contributed by atoms with van der Waals surface area (Å²) >= 11 is 5.98. The zero-order valence-electron chi connectivity index (χ0n) is 12.4. The number of nitrogens with zero attached hydrogens (tertiary/aromatic N) is 1. The Hall–Kier alpha value is -1.46.